The molecule has 0 fully saturated rings. The highest BCUT2D eigenvalue weighted by Crippen LogP contribution is 2.32. The van der Waals surface area contributed by atoms with Crippen molar-refractivity contribution >= 4 is 67.5 Å². The van der Waals surface area contributed by atoms with E-state index in [2.05, 4.69) is 0 Å². The van der Waals surface area contributed by atoms with Gasteiger partial charge in [0.15, 0.2) is 0 Å². The highest BCUT2D eigenvalue weighted by Gasteiger charge is 2.30. The van der Waals surface area contributed by atoms with Gasteiger partial charge >= 0.3 is 5.97 Å². The monoisotopic (exact) mass is 485 g/mol. The van der Waals surface area contributed by atoms with E-state index in [9.17, 15) is 13.2 Å². The summed E-state index contributed by atoms with van der Waals surface area (Å²) in [6.07, 6.45) is 0. The van der Waals surface area contributed by atoms with E-state index in [0.29, 0.717) is 3.57 Å². The minimum atomic E-state index is -4.19. The smallest absolute Gasteiger partial charge is 0.324 e. The third-order valence-electron chi connectivity index (χ3n) is 2.86. The van der Waals surface area contributed by atoms with Crippen molar-refractivity contribution in [2.45, 2.75) is 4.90 Å². The molecule has 2 rings (SSSR count). The third kappa shape index (κ3) is 4.09. The molecule has 0 heterocycles. The van der Waals surface area contributed by atoms with Crippen LogP contribution in [0, 0.1) is 3.57 Å². The first-order valence-electron chi connectivity index (χ1n) is 6.17. The molecule has 1 N–H and O–H groups in total. The molecule has 0 aliphatic rings. The van der Waals surface area contributed by atoms with E-state index in [1.165, 1.54) is 24.3 Å². The molecule has 0 saturated heterocycles. The molecule has 2 aromatic carbocycles. The Balaban J connectivity index is 2.65. The van der Waals surface area contributed by atoms with Crippen molar-refractivity contribution in [3.63, 3.8) is 0 Å². The molecule has 0 aliphatic heterocycles. The number of nitrogens with zero attached hydrogens (tertiary/aromatic N) is 1. The summed E-state index contributed by atoms with van der Waals surface area (Å²) in [4.78, 5) is 10.9. The molecule has 0 atom stereocenters. The molecule has 0 bridgehead atoms. The van der Waals surface area contributed by atoms with Gasteiger partial charge in [0, 0.05) is 8.59 Å². The molecular weight excluding hydrogens is 476 g/mol. The van der Waals surface area contributed by atoms with Crippen LogP contribution in [0.25, 0.3) is 0 Å². The van der Waals surface area contributed by atoms with E-state index < -0.39 is 22.5 Å². The quantitative estimate of drug-likeness (QED) is 0.652. The van der Waals surface area contributed by atoms with E-state index in [4.69, 9.17) is 28.3 Å². The maximum Gasteiger partial charge on any atom is 0.324 e. The molecule has 5 nitrogen and oxygen atoms in total. The fourth-order valence-corrected chi connectivity index (χ4v) is 4.89. The SMILES string of the molecule is O=C(O)CN(c1ccccc1I)S(=O)(=O)c1cc(Cl)ccc1Cl. The molecule has 0 spiro atoms. The van der Waals surface area contributed by atoms with Crippen LogP contribution in [0.3, 0.4) is 0 Å². The summed E-state index contributed by atoms with van der Waals surface area (Å²) >= 11 is 13.8. The number of halogens is 3. The van der Waals surface area contributed by atoms with Crippen molar-refractivity contribution in [3.05, 3.63) is 56.1 Å². The summed E-state index contributed by atoms with van der Waals surface area (Å²) in [6, 6.07) is 10.6. The highest BCUT2D eigenvalue weighted by molar-refractivity contribution is 14.1. The Morgan fingerprint density at radius 1 is 1.17 bits per heavy atom. The lowest BCUT2D eigenvalue weighted by atomic mass is 10.3. The van der Waals surface area contributed by atoms with E-state index in [-0.39, 0.29) is 20.6 Å². The van der Waals surface area contributed by atoms with Gasteiger partial charge in [-0.3, -0.25) is 9.10 Å². The van der Waals surface area contributed by atoms with E-state index in [1.807, 2.05) is 22.6 Å². The molecular formula is C14H10Cl2INO4S. The first-order chi connectivity index (χ1) is 10.7. The Morgan fingerprint density at radius 2 is 1.83 bits per heavy atom. The molecule has 9 heteroatoms. The Kier molecular flexibility index (Phi) is 5.77. The number of benzene rings is 2. The van der Waals surface area contributed by atoms with Crippen LogP contribution in [-0.4, -0.2) is 26.0 Å². The topological polar surface area (TPSA) is 74.7 Å². The van der Waals surface area contributed by atoms with Crippen LogP contribution < -0.4 is 4.31 Å². The number of aliphatic carboxylic acids is 1. The van der Waals surface area contributed by atoms with Crippen LogP contribution in [0.2, 0.25) is 10.0 Å². The lowest BCUT2D eigenvalue weighted by molar-refractivity contribution is -0.135. The van der Waals surface area contributed by atoms with Gasteiger partial charge in [0.25, 0.3) is 10.0 Å². The molecule has 122 valence electrons. The number of sulfonamides is 1. The van der Waals surface area contributed by atoms with Crippen molar-refractivity contribution in [3.8, 4) is 0 Å². The van der Waals surface area contributed by atoms with Gasteiger partial charge in [-0.1, -0.05) is 35.3 Å². The Labute approximate surface area is 157 Å². The number of anilines is 1. The largest absolute Gasteiger partial charge is 0.480 e. The zero-order valence-corrected chi connectivity index (χ0v) is 15.9. The molecule has 0 unspecified atom stereocenters. The average molecular weight is 486 g/mol. The first-order valence-corrected chi connectivity index (χ1v) is 9.45. The van der Waals surface area contributed by atoms with Gasteiger partial charge in [-0.15, -0.1) is 0 Å². The predicted octanol–water partition coefficient (Wildman–Crippen LogP) is 3.88. The Hall–Kier alpha value is -1.03. The van der Waals surface area contributed by atoms with Crippen molar-refractivity contribution in [1.82, 2.24) is 0 Å². The van der Waals surface area contributed by atoms with Crippen molar-refractivity contribution < 1.29 is 18.3 Å². The fraction of sp³-hybridized carbons (Fsp3) is 0.0714. The normalized spacial score (nSPS) is 11.3. The molecule has 0 aliphatic carbocycles. The number of carbonyl (C=O) groups is 1. The van der Waals surface area contributed by atoms with Crippen LogP contribution in [0.1, 0.15) is 0 Å². The van der Waals surface area contributed by atoms with Gasteiger partial charge in [-0.25, -0.2) is 8.42 Å². The predicted molar refractivity (Wildman–Crippen MR) is 97.8 cm³/mol. The van der Waals surface area contributed by atoms with Crippen LogP contribution in [0.15, 0.2) is 47.4 Å². The lowest BCUT2D eigenvalue weighted by Crippen LogP contribution is -2.36. The summed E-state index contributed by atoms with van der Waals surface area (Å²) in [5.74, 6) is -1.29. The van der Waals surface area contributed by atoms with Gasteiger partial charge in [0.1, 0.15) is 11.4 Å². The van der Waals surface area contributed by atoms with Gasteiger partial charge in [0.05, 0.1) is 10.7 Å². The Morgan fingerprint density at radius 3 is 2.43 bits per heavy atom. The number of carboxylic acid groups (broad SMARTS) is 1. The zero-order valence-electron chi connectivity index (χ0n) is 11.4. The summed E-state index contributed by atoms with van der Waals surface area (Å²) in [5, 5.41) is 9.26. The van der Waals surface area contributed by atoms with E-state index in [1.54, 1.807) is 18.2 Å². The van der Waals surface area contributed by atoms with Gasteiger partial charge < -0.3 is 5.11 Å². The van der Waals surface area contributed by atoms with E-state index in [0.717, 1.165) is 4.31 Å². The molecule has 0 saturated carbocycles. The molecule has 0 radical (unpaired) electrons. The van der Waals surface area contributed by atoms with Crippen molar-refractivity contribution in [2.24, 2.45) is 0 Å². The minimum absolute atomic E-state index is 0.0317. The molecule has 23 heavy (non-hydrogen) atoms. The maximum absolute atomic E-state index is 12.9. The van der Waals surface area contributed by atoms with Gasteiger partial charge in [0.2, 0.25) is 0 Å². The van der Waals surface area contributed by atoms with Crippen LogP contribution >= 0.6 is 45.8 Å². The molecule has 0 amide bonds. The lowest BCUT2D eigenvalue weighted by Gasteiger charge is -2.24. The minimum Gasteiger partial charge on any atom is -0.480 e. The number of para-hydroxylation sites is 1. The first kappa shape index (κ1) is 18.3. The standard InChI is InChI=1S/C14H10Cl2INO4S/c15-9-5-6-10(16)13(7-9)23(21,22)18(8-14(19)20)12-4-2-1-3-11(12)17/h1-7H,8H2,(H,19,20). The Bertz CT molecular complexity index is 858. The second-order valence-corrected chi connectivity index (χ2v) is 8.27. The molecule has 2 aromatic rings. The number of hydrogen-bond donors (Lipinski definition) is 1. The maximum atomic E-state index is 12.9. The van der Waals surface area contributed by atoms with Crippen molar-refractivity contribution in [1.29, 1.82) is 0 Å². The molecule has 0 aromatic heterocycles. The second kappa shape index (κ2) is 7.25. The number of hydrogen-bond acceptors (Lipinski definition) is 3. The van der Waals surface area contributed by atoms with Gasteiger partial charge in [-0.05, 0) is 52.9 Å². The summed E-state index contributed by atoms with van der Waals surface area (Å²) in [7, 11) is -4.19. The van der Waals surface area contributed by atoms with Crippen LogP contribution in [0.5, 0.6) is 0 Å². The summed E-state index contributed by atoms with van der Waals surface area (Å²) in [6.45, 7) is -0.731. The zero-order chi connectivity index (χ0) is 17.2. The highest BCUT2D eigenvalue weighted by atomic mass is 127. The number of carboxylic acids is 1. The average Bonchev–Trinajstić information content (AvgIpc) is 2.48. The fourth-order valence-electron chi connectivity index (χ4n) is 1.87. The van der Waals surface area contributed by atoms with Crippen LogP contribution in [-0.2, 0) is 14.8 Å². The van der Waals surface area contributed by atoms with Crippen molar-refractivity contribution in [2.75, 3.05) is 10.8 Å². The summed E-state index contributed by atoms with van der Waals surface area (Å²) < 4.78 is 27.2. The third-order valence-corrected chi connectivity index (χ3v) is 6.25. The second-order valence-electron chi connectivity index (χ2n) is 4.43. The number of rotatable bonds is 5. The van der Waals surface area contributed by atoms with Crippen LogP contribution in [0.4, 0.5) is 5.69 Å². The van der Waals surface area contributed by atoms with E-state index >= 15 is 0 Å². The summed E-state index contributed by atoms with van der Waals surface area (Å²) in [5.41, 5.74) is 0.256. The van der Waals surface area contributed by atoms with Gasteiger partial charge in [-0.2, -0.15) is 0 Å².